The number of ether oxygens (including phenoxy) is 5. The van der Waals surface area contributed by atoms with Crippen LogP contribution in [-0.2, 0) is 27.2 Å². The molecule has 280 valence electrons. The Kier molecular flexibility index (Phi) is 11.2. The van der Waals surface area contributed by atoms with Crippen molar-refractivity contribution in [3.63, 3.8) is 0 Å². The van der Waals surface area contributed by atoms with Gasteiger partial charge in [-0.05, 0) is 65.6 Å². The largest absolute Gasteiger partial charge is 0.493 e. The topological polar surface area (TPSA) is 124 Å². The summed E-state index contributed by atoms with van der Waals surface area (Å²) in [5, 5.41) is 0. The van der Waals surface area contributed by atoms with Crippen LogP contribution in [0.5, 0.6) is 11.5 Å². The number of benzene rings is 3. The van der Waals surface area contributed by atoms with E-state index < -0.39 is 0 Å². The van der Waals surface area contributed by atoms with Gasteiger partial charge in [-0.2, -0.15) is 0 Å². The number of nitrogen functional groups attached to an aromatic ring is 1. The second-order valence-electron chi connectivity index (χ2n) is 14.6. The van der Waals surface area contributed by atoms with Crippen molar-refractivity contribution in [3.05, 3.63) is 118 Å². The molecular weight excluding hydrogens is 682 g/mol. The summed E-state index contributed by atoms with van der Waals surface area (Å²) < 4.78 is 30.5. The summed E-state index contributed by atoms with van der Waals surface area (Å²) in [6.45, 7) is 8.37. The molecule has 2 aromatic heterocycles. The van der Waals surface area contributed by atoms with E-state index in [1.807, 2.05) is 90.5 Å². The maximum absolute atomic E-state index is 13.9. The molecule has 2 aliphatic heterocycles. The molecule has 5 aromatic rings. The monoisotopic (exact) mass is 729 g/mol. The Labute approximate surface area is 315 Å². The van der Waals surface area contributed by atoms with Crippen molar-refractivity contribution >= 4 is 11.6 Å². The third-order valence-electron chi connectivity index (χ3n) is 10.4. The zero-order valence-electron chi connectivity index (χ0n) is 31.1. The van der Waals surface area contributed by atoms with Crippen LogP contribution < -0.4 is 20.6 Å². The number of carbonyl (C=O) groups is 1. The van der Waals surface area contributed by atoms with E-state index >= 15 is 0 Å². The van der Waals surface area contributed by atoms with Crippen molar-refractivity contribution in [1.82, 2.24) is 9.55 Å². The number of hydrogen-bond acceptors (Lipinski definition) is 9. The van der Waals surface area contributed by atoms with E-state index in [0.29, 0.717) is 69.1 Å². The van der Waals surface area contributed by atoms with Crippen LogP contribution in [0.1, 0.15) is 41.3 Å². The number of hydrogen-bond donors (Lipinski definition) is 1. The van der Waals surface area contributed by atoms with Gasteiger partial charge in [-0.15, -0.1) is 0 Å². The van der Waals surface area contributed by atoms with E-state index in [4.69, 9.17) is 29.4 Å². The first-order valence-electron chi connectivity index (χ1n) is 18.5. The first kappa shape index (κ1) is 37.0. The molecule has 1 atom stereocenters. The van der Waals surface area contributed by atoms with Gasteiger partial charge in [0.1, 0.15) is 18.5 Å². The second kappa shape index (κ2) is 16.4. The van der Waals surface area contributed by atoms with Gasteiger partial charge in [0, 0.05) is 61.5 Å². The van der Waals surface area contributed by atoms with Crippen LogP contribution in [-0.4, -0.2) is 68.2 Å². The van der Waals surface area contributed by atoms with Gasteiger partial charge in [-0.25, -0.2) is 4.98 Å². The van der Waals surface area contributed by atoms with Crippen LogP contribution in [0.2, 0.25) is 0 Å². The van der Waals surface area contributed by atoms with Crippen molar-refractivity contribution in [2.24, 2.45) is 5.41 Å². The molecule has 0 unspecified atom stereocenters. The summed E-state index contributed by atoms with van der Waals surface area (Å²) in [7, 11) is 1.61. The fraction of sp³-hybridized carbons (Fsp3) is 0.341. The Morgan fingerprint density at radius 1 is 0.870 bits per heavy atom. The molecule has 0 saturated carbocycles. The standard InChI is InChI=1S/C44H47N3O7/c1-29-4-8-32(9-5-29)37-24-47(28-44(2)14-16-51-17-15-44)25-38(42(37)49)39(48)20-30-6-10-31(11-7-30)36-21-34(23-46-43(36)45)33-12-13-40(41(22-33)50-3)54-27-35-26-52-18-19-53-35/h4-13,21-25,35H,14-20,26-28H2,1-3H3,(H2,45,46)/t35-/m1/s1. The SMILES string of the molecule is COc1cc(-c2cnc(N)c(-c3ccc(CC(=O)c4cn(CC5(C)CCOCC5)cc(-c5ccc(C)cc5)c4=O)cc3)c2)ccc1OC[C@H]1COCCO1. The Hall–Kier alpha value is -5.29. The third kappa shape index (κ3) is 8.57. The maximum atomic E-state index is 13.9. The molecule has 0 aliphatic carbocycles. The highest BCUT2D eigenvalue weighted by atomic mass is 16.6. The normalized spacial score (nSPS) is 16.8. The number of aryl methyl sites for hydroxylation is 1. The molecule has 7 rings (SSSR count). The lowest BCUT2D eigenvalue weighted by Crippen LogP contribution is -2.33. The number of anilines is 1. The van der Waals surface area contributed by atoms with E-state index in [1.54, 1.807) is 19.5 Å². The summed E-state index contributed by atoms with van der Waals surface area (Å²) in [6.07, 6.45) is 7.16. The van der Waals surface area contributed by atoms with Crippen LogP contribution in [0.15, 0.2) is 96.2 Å². The smallest absolute Gasteiger partial charge is 0.200 e. The number of carbonyl (C=O) groups excluding carboxylic acids is 1. The molecule has 3 aromatic carbocycles. The Morgan fingerprint density at radius 2 is 1.59 bits per heavy atom. The molecular formula is C44H47N3O7. The van der Waals surface area contributed by atoms with E-state index in [0.717, 1.165) is 51.8 Å². The van der Waals surface area contributed by atoms with Gasteiger partial charge in [0.05, 0.1) is 32.5 Å². The van der Waals surface area contributed by atoms with Gasteiger partial charge in [0.15, 0.2) is 22.7 Å². The van der Waals surface area contributed by atoms with Gasteiger partial charge in [0.25, 0.3) is 0 Å². The number of rotatable bonds is 12. The highest BCUT2D eigenvalue weighted by Crippen LogP contribution is 2.36. The van der Waals surface area contributed by atoms with Crippen molar-refractivity contribution in [2.75, 3.05) is 52.5 Å². The fourth-order valence-corrected chi connectivity index (χ4v) is 7.05. The highest BCUT2D eigenvalue weighted by molar-refractivity contribution is 5.98. The first-order chi connectivity index (χ1) is 26.2. The summed E-state index contributed by atoms with van der Waals surface area (Å²) in [4.78, 5) is 32.3. The Balaban J connectivity index is 1.10. The highest BCUT2D eigenvalue weighted by Gasteiger charge is 2.28. The molecule has 54 heavy (non-hydrogen) atoms. The summed E-state index contributed by atoms with van der Waals surface area (Å²) in [5.41, 5.74) is 12.9. The summed E-state index contributed by atoms with van der Waals surface area (Å²) >= 11 is 0. The predicted octanol–water partition coefficient (Wildman–Crippen LogP) is 7.18. The van der Waals surface area contributed by atoms with Gasteiger partial charge >= 0.3 is 0 Å². The minimum Gasteiger partial charge on any atom is -0.493 e. The number of nitrogens with zero attached hydrogens (tertiary/aromatic N) is 2. The molecule has 10 heteroatoms. The molecule has 2 aliphatic rings. The van der Waals surface area contributed by atoms with Crippen LogP contribution in [0.3, 0.4) is 0 Å². The van der Waals surface area contributed by atoms with Gasteiger partial charge in [-0.3, -0.25) is 9.59 Å². The summed E-state index contributed by atoms with van der Waals surface area (Å²) in [6, 6.07) is 23.3. The van der Waals surface area contributed by atoms with E-state index in [1.165, 1.54) is 0 Å². The molecule has 4 heterocycles. The van der Waals surface area contributed by atoms with E-state index in [9.17, 15) is 9.59 Å². The minimum atomic E-state index is -0.256. The van der Waals surface area contributed by atoms with Crippen LogP contribution in [0.25, 0.3) is 33.4 Å². The number of aromatic nitrogens is 2. The lowest BCUT2D eigenvalue weighted by atomic mass is 9.82. The van der Waals surface area contributed by atoms with Crippen LogP contribution >= 0.6 is 0 Å². The Morgan fingerprint density at radius 3 is 2.31 bits per heavy atom. The molecule has 0 radical (unpaired) electrons. The number of ketones is 1. The average molecular weight is 730 g/mol. The zero-order valence-corrected chi connectivity index (χ0v) is 31.1. The lowest BCUT2D eigenvalue weighted by Gasteiger charge is -2.34. The molecule has 0 spiro atoms. The third-order valence-corrected chi connectivity index (χ3v) is 10.4. The summed E-state index contributed by atoms with van der Waals surface area (Å²) in [5.74, 6) is 1.36. The van der Waals surface area contributed by atoms with Crippen molar-refractivity contribution in [2.45, 2.75) is 45.8 Å². The predicted molar refractivity (Wildman–Crippen MR) is 209 cm³/mol. The zero-order chi connectivity index (χ0) is 37.7. The lowest BCUT2D eigenvalue weighted by molar-refractivity contribution is -0.101. The first-order valence-corrected chi connectivity index (χ1v) is 18.5. The number of pyridine rings is 2. The van der Waals surface area contributed by atoms with E-state index in [-0.39, 0.29) is 34.7 Å². The van der Waals surface area contributed by atoms with Crippen molar-refractivity contribution in [1.29, 1.82) is 0 Å². The van der Waals surface area contributed by atoms with Crippen LogP contribution in [0.4, 0.5) is 5.82 Å². The molecule has 2 saturated heterocycles. The molecule has 2 fully saturated rings. The molecule has 0 bridgehead atoms. The fourth-order valence-electron chi connectivity index (χ4n) is 7.05. The second-order valence-corrected chi connectivity index (χ2v) is 14.6. The van der Waals surface area contributed by atoms with Gasteiger partial charge < -0.3 is 34.0 Å². The molecule has 10 nitrogen and oxygen atoms in total. The quantitative estimate of drug-likeness (QED) is 0.133. The van der Waals surface area contributed by atoms with Crippen molar-refractivity contribution in [3.8, 4) is 44.9 Å². The average Bonchev–Trinajstić information content (AvgIpc) is 3.19. The number of Topliss-reactive ketones (excluding diaryl/α,β-unsaturated/α-hetero) is 1. The molecule has 2 N–H and O–H groups in total. The molecule has 0 amide bonds. The van der Waals surface area contributed by atoms with E-state index in [2.05, 4.69) is 11.9 Å². The number of methoxy groups -OCH3 is 1. The number of nitrogens with two attached hydrogens (primary N) is 1. The van der Waals surface area contributed by atoms with Gasteiger partial charge in [-0.1, -0.05) is 67.1 Å². The van der Waals surface area contributed by atoms with Gasteiger partial charge in [0.2, 0.25) is 0 Å². The minimum absolute atomic E-state index is 0.00608. The maximum Gasteiger partial charge on any atom is 0.200 e. The Bertz CT molecular complexity index is 2150. The van der Waals surface area contributed by atoms with Crippen LogP contribution in [0, 0.1) is 12.3 Å². The van der Waals surface area contributed by atoms with Crippen molar-refractivity contribution < 1.29 is 28.5 Å².